The van der Waals surface area contributed by atoms with Gasteiger partial charge >= 0.3 is 0 Å². The van der Waals surface area contributed by atoms with Gasteiger partial charge in [-0.25, -0.2) is 0 Å². The number of aromatic nitrogens is 1. The quantitative estimate of drug-likeness (QED) is 0.677. The lowest BCUT2D eigenvalue weighted by molar-refractivity contribution is 1.04. The second-order valence-electron chi connectivity index (χ2n) is 2.89. The molecule has 0 fully saturated rings. The van der Waals surface area contributed by atoms with Crippen molar-refractivity contribution in [3.63, 3.8) is 0 Å². The van der Waals surface area contributed by atoms with Crippen molar-refractivity contribution in [1.29, 1.82) is 0 Å². The summed E-state index contributed by atoms with van der Waals surface area (Å²) in [4.78, 5) is 14.7. The van der Waals surface area contributed by atoms with Crippen LogP contribution in [0, 0.1) is 0 Å². The van der Waals surface area contributed by atoms with Crippen molar-refractivity contribution in [2.75, 3.05) is 0 Å². The molecule has 66 valence electrons. The molecule has 0 aliphatic rings. The summed E-state index contributed by atoms with van der Waals surface area (Å²) in [6.45, 7) is 0.278. The van der Waals surface area contributed by atoms with Gasteiger partial charge in [-0.05, 0) is 12.1 Å². The summed E-state index contributed by atoms with van der Waals surface area (Å²) in [5, 5.41) is 0.699. The monoisotopic (exact) mass is 174 g/mol. The Hall–Kier alpha value is -1.61. The largest absolute Gasteiger partial charge is 0.361 e. The van der Waals surface area contributed by atoms with Crippen LogP contribution in [0.15, 0.2) is 35.3 Å². The van der Waals surface area contributed by atoms with Gasteiger partial charge < -0.3 is 10.7 Å². The smallest absolute Gasteiger partial charge is 0.193 e. The van der Waals surface area contributed by atoms with Crippen LogP contribution in [0.1, 0.15) is 5.56 Å². The number of benzene rings is 1. The predicted molar refractivity (Wildman–Crippen MR) is 52.5 cm³/mol. The standard InChI is InChI=1S/C10H10N2O/c11-5-7-6-12-9-4-2-1-3-8(9)10(7)13/h1-4,6H,5,11H2,(H,12,13). The molecule has 2 rings (SSSR count). The normalized spacial score (nSPS) is 10.5. The molecular weight excluding hydrogens is 164 g/mol. The average Bonchev–Trinajstić information content (AvgIpc) is 2.19. The first kappa shape index (κ1) is 8.01. The first-order chi connectivity index (χ1) is 6.33. The molecule has 0 bridgehead atoms. The lowest BCUT2D eigenvalue weighted by Crippen LogP contribution is -2.13. The molecule has 0 unspecified atom stereocenters. The van der Waals surface area contributed by atoms with Crippen LogP contribution in [0.3, 0.4) is 0 Å². The molecule has 3 N–H and O–H groups in total. The third-order valence-corrected chi connectivity index (χ3v) is 2.09. The van der Waals surface area contributed by atoms with Gasteiger partial charge in [0.25, 0.3) is 0 Å². The Morgan fingerprint density at radius 2 is 2.08 bits per heavy atom. The van der Waals surface area contributed by atoms with E-state index < -0.39 is 0 Å². The van der Waals surface area contributed by atoms with Crippen LogP contribution < -0.4 is 11.2 Å². The molecule has 0 amide bonds. The first-order valence-electron chi connectivity index (χ1n) is 4.12. The highest BCUT2D eigenvalue weighted by molar-refractivity contribution is 5.78. The van der Waals surface area contributed by atoms with Gasteiger partial charge in [-0.15, -0.1) is 0 Å². The molecule has 0 radical (unpaired) electrons. The molecule has 0 saturated carbocycles. The number of rotatable bonds is 1. The third-order valence-electron chi connectivity index (χ3n) is 2.09. The molecule has 0 saturated heterocycles. The third kappa shape index (κ3) is 1.23. The maximum absolute atomic E-state index is 11.7. The molecule has 1 heterocycles. The molecule has 1 aromatic heterocycles. The first-order valence-corrected chi connectivity index (χ1v) is 4.12. The fraction of sp³-hybridized carbons (Fsp3) is 0.100. The Morgan fingerprint density at radius 3 is 2.85 bits per heavy atom. The predicted octanol–water partition coefficient (Wildman–Crippen LogP) is 0.987. The number of pyridine rings is 1. The number of aromatic amines is 1. The number of hydrogen-bond acceptors (Lipinski definition) is 2. The molecule has 0 aliphatic heterocycles. The number of nitrogens with one attached hydrogen (secondary N) is 1. The molecular formula is C10H10N2O. The van der Waals surface area contributed by atoms with Crippen molar-refractivity contribution in [3.8, 4) is 0 Å². The van der Waals surface area contributed by atoms with Crippen LogP contribution in [0.4, 0.5) is 0 Å². The highest BCUT2D eigenvalue weighted by atomic mass is 16.1. The van der Waals surface area contributed by atoms with E-state index in [1.165, 1.54) is 0 Å². The summed E-state index contributed by atoms with van der Waals surface area (Å²) < 4.78 is 0. The summed E-state index contributed by atoms with van der Waals surface area (Å²) in [7, 11) is 0. The minimum atomic E-state index is 0.0249. The van der Waals surface area contributed by atoms with Crippen LogP contribution >= 0.6 is 0 Å². The van der Waals surface area contributed by atoms with E-state index in [2.05, 4.69) is 4.98 Å². The number of para-hydroxylation sites is 1. The van der Waals surface area contributed by atoms with Crippen molar-refractivity contribution < 1.29 is 0 Å². The summed E-state index contributed by atoms with van der Waals surface area (Å²) in [5.74, 6) is 0. The van der Waals surface area contributed by atoms with Crippen LogP contribution in [-0.4, -0.2) is 4.98 Å². The van der Waals surface area contributed by atoms with Gasteiger partial charge in [0.1, 0.15) is 0 Å². The van der Waals surface area contributed by atoms with Gasteiger partial charge in [-0.1, -0.05) is 12.1 Å². The maximum atomic E-state index is 11.7. The van der Waals surface area contributed by atoms with E-state index in [-0.39, 0.29) is 12.0 Å². The van der Waals surface area contributed by atoms with E-state index in [4.69, 9.17) is 5.73 Å². The van der Waals surface area contributed by atoms with Gasteiger partial charge in [-0.2, -0.15) is 0 Å². The summed E-state index contributed by atoms with van der Waals surface area (Å²) in [6.07, 6.45) is 1.67. The second kappa shape index (κ2) is 3.03. The topological polar surface area (TPSA) is 58.9 Å². The van der Waals surface area contributed by atoms with E-state index in [1.807, 2.05) is 18.2 Å². The SMILES string of the molecule is NCc1c[nH]c2ccccc2c1=O. The zero-order valence-corrected chi connectivity index (χ0v) is 7.08. The Balaban J connectivity index is 2.87. The summed E-state index contributed by atoms with van der Waals surface area (Å²) in [6, 6.07) is 7.41. The van der Waals surface area contributed by atoms with E-state index >= 15 is 0 Å². The van der Waals surface area contributed by atoms with Crippen LogP contribution in [0.2, 0.25) is 0 Å². The molecule has 0 aliphatic carbocycles. The number of H-pyrrole nitrogens is 1. The summed E-state index contributed by atoms with van der Waals surface area (Å²) in [5.41, 5.74) is 6.92. The van der Waals surface area contributed by atoms with Crippen molar-refractivity contribution in [2.45, 2.75) is 6.54 Å². The van der Waals surface area contributed by atoms with Gasteiger partial charge in [0.05, 0.1) is 0 Å². The minimum absolute atomic E-state index is 0.0249. The van der Waals surface area contributed by atoms with Crippen molar-refractivity contribution in [3.05, 3.63) is 46.2 Å². The molecule has 0 spiro atoms. The van der Waals surface area contributed by atoms with E-state index in [0.717, 1.165) is 5.52 Å². The van der Waals surface area contributed by atoms with Gasteiger partial charge in [0.15, 0.2) is 5.43 Å². The number of fused-ring (bicyclic) bond motifs is 1. The lowest BCUT2D eigenvalue weighted by Gasteiger charge is -1.99. The zero-order chi connectivity index (χ0) is 9.26. The van der Waals surface area contributed by atoms with Gasteiger partial charge in [0, 0.05) is 29.2 Å². The zero-order valence-electron chi connectivity index (χ0n) is 7.08. The van der Waals surface area contributed by atoms with E-state index in [1.54, 1.807) is 12.3 Å². The fourth-order valence-electron chi connectivity index (χ4n) is 1.36. The fourth-order valence-corrected chi connectivity index (χ4v) is 1.36. The Labute approximate surface area is 75.2 Å². The molecule has 13 heavy (non-hydrogen) atoms. The van der Waals surface area contributed by atoms with E-state index in [9.17, 15) is 4.79 Å². The van der Waals surface area contributed by atoms with Crippen molar-refractivity contribution in [1.82, 2.24) is 4.98 Å². The van der Waals surface area contributed by atoms with Crippen LogP contribution in [-0.2, 0) is 6.54 Å². The minimum Gasteiger partial charge on any atom is -0.361 e. The highest BCUT2D eigenvalue weighted by Crippen LogP contribution is 2.06. The molecule has 3 nitrogen and oxygen atoms in total. The van der Waals surface area contributed by atoms with Crippen LogP contribution in [0.5, 0.6) is 0 Å². The lowest BCUT2D eigenvalue weighted by atomic mass is 10.1. The molecule has 3 heteroatoms. The maximum Gasteiger partial charge on any atom is 0.193 e. The Morgan fingerprint density at radius 1 is 1.31 bits per heavy atom. The van der Waals surface area contributed by atoms with Crippen LogP contribution in [0.25, 0.3) is 10.9 Å². The number of hydrogen-bond donors (Lipinski definition) is 2. The number of nitrogens with two attached hydrogens (primary N) is 1. The molecule has 0 atom stereocenters. The van der Waals surface area contributed by atoms with E-state index in [0.29, 0.717) is 10.9 Å². The molecule has 2 aromatic rings. The van der Waals surface area contributed by atoms with Crippen molar-refractivity contribution >= 4 is 10.9 Å². The summed E-state index contributed by atoms with van der Waals surface area (Å²) >= 11 is 0. The molecule has 1 aromatic carbocycles. The highest BCUT2D eigenvalue weighted by Gasteiger charge is 2.01. The second-order valence-corrected chi connectivity index (χ2v) is 2.89. The van der Waals surface area contributed by atoms with Gasteiger partial charge in [-0.3, -0.25) is 4.79 Å². The van der Waals surface area contributed by atoms with Crippen molar-refractivity contribution in [2.24, 2.45) is 5.73 Å². The Kier molecular flexibility index (Phi) is 1.87. The Bertz CT molecular complexity index is 487. The van der Waals surface area contributed by atoms with Gasteiger partial charge in [0.2, 0.25) is 0 Å². The average molecular weight is 174 g/mol.